The molecule has 2 aromatic rings. The van der Waals surface area contributed by atoms with Gasteiger partial charge in [-0.2, -0.15) is 0 Å². The zero-order valence-corrected chi connectivity index (χ0v) is 12.8. The molecule has 20 heavy (non-hydrogen) atoms. The number of methoxy groups -OCH3 is 1. The van der Waals surface area contributed by atoms with E-state index >= 15 is 0 Å². The van der Waals surface area contributed by atoms with Crippen molar-refractivity contribution in [2.75, 3.05) is 21.2 Å². The fourth-order valence-electron chi connectivity index (χ4n) is 2.05. The molecule has 1 aromatic carbocycles. The number of likely N-dealkylation sites (N-methyl/N-ethyl adjacent to an activating group) is 1. The van der Waals surface area contributed by atoms with Gasteiger partial charge in [-0.25, -0.2) is 4.98 Å². The topological polar surface area (TPSA) is 47.4 Å². The molecular weight excluding hydrogens is 278 g/mol. The lowest BCUT2D eigenvalue weighted by atomic mass is 10.3. The third kappa shape index (κ3) is 2.58. The number of amides is 1. The number of benzene rings is 1. The molecule has 5 nitrogen and oxygen atoms in total. The molecule has 1 unspecified atom stereocenters. The summed E-state index contributed by atoms with van der Waals surface area (Å²) in [7, 11) is 5.06. The van der Waals surface area contributed by atoms with Gasteiger partial charge in [0.05, 0.1) is 18.0 Å². The molecule has 1 amide bonds. The normalized spacial score (nSPS) is 12.4. The first-order valence-corrected chi connectivity index (χ1v) is 6.76. The number of fused-ring (bicyclic) bond motifs is 1. The van der Waals surface area contributed by atoms with Crippen LogP contribution in [0, 0.1) is 0 Å². The van der Waals surface area contributed by atoms with Crippen molar-refractivity contribution in [3.8, 4) is 5.75 Å². The molecular formula is C14H18ClN3O2. The average Bonchev–Trinajstić information content (AvgIpc) is 2.77. The zero-order valence-electron chi connectivity index (χ0n) is 12.1. The Bertz CT molecular complexity index is 635. The molecule has 108 valence electrons. The highest BCUT2D eigenvalue weighted by Crippen LogP contribution is 2.30. The molecule has 0 saturated carbocycles. The van der Waals surface area contributed by atoms with Gasteiger partial charge in [0.2, 0.25) is 5.91 Å². The molecule has 0 saturated heterocycles. The summed E-state index contributed by atoms with van der Waals surface area (Å²) < 4.78 is 7.16. The summed E-state index contributed by atoms with van der Waals surface area (Å²) in [6, 6.07) is 5.63. The van der Waals surface area contributed by atoms with Crippen LogP contribution >= 0.6 is 11.6 Å². The van der Waals surface area contributed by atoms with Crippen LogP contribution in [0.25, 0.3) is 11.0 Å². The first-order chi connectivity index (χ1) is 9.45. The Labute approximate surface area is 123 Å². The standard InChI is InChI=1S/C14H18ClN3O2/c1-9(15)14-16-13-10(6-5-7-11(13)20-4)18(14)8-12(19)17(2)3/h5-7,9H,8H2,1-4H3. The Hall–Kier alpha value is -1.75. The van der Waals surface area contributed by atoms with Crippen molar-refractivity contribution < 1.29 is 9.53 Å². The van der Waals surface area contributed by atoms with E-state index in [1.807, 2.05) is 29.7 Å². The van der Waals surface area contributed by atoms with Crippen molar-refractivity contribution in [1.82, 2.24) is 14.5 Å². The molecule has 6 heteroatoms. The molecule has 1 atom stereocenters. The van der Waals surface area contributed by atoms with Crippen molar-refractivity contribution in [3.05, 3.63) is 24.0 Å². The van der Waals surface area contributed by atoms with Gasteiger partial charge in [0.1, 0.15) is 23.6 Å². The summed E-state index contributed by atoms with van der Waals surface area (Å²) in [5.74, 6) is 1.34. The minimum Gasteiger partial charge on any atom is -0.494 e. The van der Waals surface area contributed by atoms with Crippen molar-refractivity contribution in [2.24, 2.45) is 0 Å². The molecule has 0 aliphatic heterocycles. The van der Waals surface area contributed by atoms with Crippen LogP contribution < -0.4 is 4.74 Å². The van der Waals surface area contributed by atoms with Crippen molar-refractivity contribution in [2.45, 2.75) is 18.8 Å². The van der Waals surface area contributed by atoms with Gasteiger partial charge in [0.15, 0.2) is 0 Å². The lowest BCUT2D eigenvalue weighted by molar-refractivity contribution is -0.129. The Kier molecular flexibility index (Phi) is 4.18. The maximum absolute atomic E-state index is 12.0. The van der Waals surface area contributed by atoms with Crippen LogP contribution in [0.3, 0.4) is 0 Å². The first-order valence-electron chi connectivity index (χ1n) is 6.33. The molecule has 0 N–H and O–H groups in total. The number of halogens is 1. The van der Waals surface area contributed by atoms with Crippen molar-refractivity contribution in [1.29, 1.82) is 0 Å². The Morgan fingerprint density at radius 2 is 2.20 bits per heavy atom. The lowest BCUT2D eigenvalue weighted by Gasteiger charge is -2.14. The van der Waals surface area contributed by atoms with Gasteiger partial charge in [-0.15, -0.1) is 11.6 Å². The smallest absolute Gasteiger partial charge is 0.242 e. The van der Waals surface area contributed by atoms with Crippen LogP contribution in [0.4, 0.5) is 0 Å². The number of hydrogen-bond donors (Lipinski definition) is 0. The van der Waals surface area contributed by atoms with Crippen LogP contribution in [-0.4, -0.2) is 41.6 Å². The van der Waals surface area contributed by atoms with Gasteiger partial charge in [0, 0.05) is 14.1 Å². The fourth-order valence-corrected chi connectivity index (χ4v) is 2.22. The second-order valence-electron chi connectivity index (χ2n) is 4.79. The number of nitrogens with zero attached hydrogens (tertiary/aromatic N) is 3. The number of rotatable bonds is 4. The summed E-state index contributed by atoms with van der Waals surface area (Å²) in [4.78, 5) is 18.1. The predicted octanol–water partition coefficient (Wildman–Crippen LogP) is 2.43. The monoisotopic (exact) mass is 295 g/mol. The van der Waals surface area contributed by atoms with E-state index in [0.717, 1.165) is 11.0 Å². The molecule has 0 bridgehead atoms. The number of hydrogen-bond acceptors (Lipinski definition) is 3. The summed E-state index contributed by atoms with van der Waals surface area (Å²) >= 11 is 6.19. The van der Waals surface area contributed by atoms with Gasteiger partial charge in [0.25, 0.3) is 0 Å². The van der Waals surface area contributed by atoms with E-state index in [4.69, 9.17) is 16.3 Å². The van der Waals surface area contributed by atoms with Gasteiger partial charge < -0.3 is 14.2 Å². The lowest BCUT2D eigenvalue weighted by Crippen LogP contribution is -2.27. The number of imidazole rings is 1. The minimum atomic E-state index is -0.290. The quantitative estimate of drug-likeness (QED) is 0.814. The molecule has 1 heterocycles. The Morgan fingerprint density at radius 3 is 2.75 bits per heavy atom. The van der Waals surface area contributed by atoms with Crippen LogP contribution in [-0.2, 0) is 11.3 Å². The average molecular weight is 296 g/mol. The van der Waals surface area contributed by atoms with Crippen LogP contribution in [0.15, 0.2) is 18.2 Å². The molecule has 0 aliphatic rings. The molecule has 0 spiro atoms. The van der Waals surface area contributed by atoms with E-state index in [0.29, 0.717) is 11.6 Å². The van der Waals surface area contributed by atoms with E-state index in [2.05, 4.69) is 4.98 Å². The fraction of sp³-hybridized carbons (Fsp3) is 0.429. The Morgan fingerprint density at radius 1 is 1.50 bits per heavy atom. The summed E-state index contributed by atoms with van der Waals surface area (Å²) in [6.07, 6.45) is 0. The van der Waals surface area contributed by atoms with E-state index in [9.17, 15) is 4.79 Å². The number of para-hydroxylation sites is 1. The van der Waals surface area contributed by atoms with E-state index in [-0.39, 0.29) is 17.8 Å². The number of carbonyl (C=O) groups is 1. The number of carbonyl (C=O) groups excluding carboxylic acids is 1. The van der Waals surface area contributed by atoms with Crippen LogP contribution in [0.2, 0.25) is 0 Å². The molecule has 1 aromatic heterocycles. The molecule has 0 radical (unpaired) electrons. The molecule has 2 rings (SSSR count). The maximum atomic E-state index is 12.0. The highest BCUT2D eigenvalue weighted by molar-refractivity contribution is 6.20. The van der Waals surface area contributed by atoms with Crippen molar-refractivity contribution in [3.63, 3.8) is 0 Å². The minimum absolute atomic E-state index is 0.00862. The highest BCUT2D eigenvalue weighted by atomic mass is 35.5. The van der Waals surface area contributed by atoms with E-state index in [1.165, 1.54) is 0 Å². The van der Waals surface area contributed by atoms with Gasteiger partial charge in [-0.3, -0.25) is 4.79 Å². The molecule has 0 aliphatic carbocycles. The number of ether oxygens (including phenoxy) is 1. The third-order valence-corrected chi connectivity index (χ3v) is 3.33. The SMILES string of the molecule is COc1cccc2c1nc(C(C)Cl)n2CC(=O)N(C)C. The highest BCUT2D eigenvalue weighted by Gasteiger charge is 2.19. The van der Waals surface area contributed by atoms with Gasteiger partial charge >= 0.3 is 0 Å². The first kappa shape index (κ1) is 14.7. The summed E-state index contributed by atoms with van der Waals surface area (Å²) in [6.45, 7) is 2.05. The van der Waals surface area contributed by atoms with Crippen LogP contribution in [0.1, 0.15) is 18.1 Å². The molecule has 0 fully saturated rings. The van der Waals surface area contributed by atoms with Crippen LogP contribution in [0.5, 0.6) is 5.75 Å². The largest absolute Gasteiger partial charge is 0.494 e. The van der Waals surface area contributed by atoms with Crippen molar-refractivity contribution >= 4 is 28.5 Å². The van der Waals surface area contributed by atoms with Gasteiger partial charge in [-0.1, -0.05) is 6.07 Å². The third-order valence-electron chi connectivity index (χ3n) is 3.14. The second kappa shape index (κ2) is 5.71. The van der Waals surface area contributed by atoms with E-state index < -0.39 is 0 Å². The predicted molar refractivity (Wildman–Crippen MR) is 79.2 cm³/mol. The summed E-state index contributed by atoms with van der Waals surface area (Å²) in [5.41, 5.74) is 1.58. The Balaban J connectivity index is 2.60. The van der Waals surface area contributed by atoms with Gasteiger partial charge in [-0.05, 0) is 19.1 Å². The van der Waals surface area contributed by atoms with E-state index in [1.54, 1.807) is 26.1 Å². The second-order valence-corrected chi connectivity index (χ2v) is 5.44. The number of alkyl halides is 1. The number of aromatic nitrogens is 2. The zero-order chi connectivity index (χ0) is 14.9. The maximum Gasteiger partial charge on any atom is 0.242 e. The summed E-state index contributed by atoms with van der Waals surface area (Å²) in [5, 5.41) is -0.290.